The minimum absolute atomic E-state index is 0.209. The Morgan fingerprint density at radius 2 is 2.18 bits per heavy atom. The van der Waals surface area contributed by atoms with Crippen LogP contribution in [0.4, 0.5) is 0 Å². The molecule has 2 rings (SSSR count). The van der Waals surface area contributed by atoms with Crippen LogP contribution < -0.4 is 0 Å². The minimum Gasteiger partial charge on any atom is -0.461 e. The van der Waals surface area contributed by atoms with Gasteiger partial charge in [0.05, 0.1) is 18.8 Å². The molecule has 0 bridgehead atoms. The Kier molecular flexibility index (Phi) is 3.02. The summed E-state index contributed by atoms with van der Waals surface area (Å²) in [5, 5.41) is 13.7. The van der Waals surface area contributed by atoms with Gasteiger partial charge in [0.1, 0.15) is 0 Å². The van der Waals surface area contributed by atoms with Crippen molar-refractivity contribution in [3.8, 4) is 11.6 Å². The molecule has 0 aromatic carbocycles. The Hall–Kier alpha value is -1.62. The topological polar surface area (TPSA) is 72.3 Å². The SMILES string of the molecule is CC(C)(C)C(O)Cc1nc(-c2ccco2)no1. The second-order valence-corrected chi connectivity index (χ2v) is 5.07. The standard InChI is InChI=1S/C12H16N2O3/c1-12(2,3)9(15)7-10-13-11(14-17-10)8-5-4-6-16-8/h4-6,9,15H,7H2,1-3H3. The normalized spacial score (nSPS) is 13.9. The Morgan fingerprint density at radius 1 is 1.41 bits per heavy atom. The average molecular weight is 236 g/mol. The van der Waals surface area contributed by atoms with Crippen molar-refractivity contribution in [1.29, 1.82) is 0 Å². The number of aromatic nitrogens is 2. The maximum absolute atomic E-state index is 9.93. The van der Waals surface area contributed by atoms with Crippen LogP contribution in [0.3, 0.4) is 0 Å². The highest BCUT2D eigenvalue weighted by Gasteiger charge is 2.25. The van der Waals surface area contributed by atoms with E-state index in [0.29, 0.717) is 23.9 Å². The van der Waals surface area contributed by atoms with Gasteiger partial charge in [-0.25, -0.2) is 0 Å². The fourth-order valence-corrected chi connectivity index (χ4v) is 1.32. The zero-order chi connectivity index (χ0) is 12.5. The molecular weight excluding hydrogens is 220 g/mol. The van der Waals surface area contributed by atoms with E-state index in [1.807, 2.05) is 20.8 Å². The van der Waals surface area contributed by atoms with Gasteiger partial charge < -0.3 is 14.0 Å². The van der Waals surface area contributed by atoms with Crippen LogP contribution in [0.1, 0.15) is 26.7 Å². The van der Waals surface area contributed by atoms with Crippen molar-refractivity contribution < 1.29 is 14.0 Å². The summed E-state index contributed by atoms with van der Waals surface area (Å²) >= 11 is 0. The van der Waals surface area contributed by atoms with E-state index >= 15 is 0 Å². The maximum atomic E-state index is 9.93. The van der Waals surface area contributed by atoms with Gasteiger partial charge in [-0.15, -0.1) is 0 Å². The van der Waals surface area contributed by atoms with E-state index < -0.39 is 6.10 Å². The second kappa shape index (κ2) is 4.33. The van der Waals surface area contributed by atoms with Crippen LogP contribution >= 0.6 is 0 Å². The summed E-state index contributed by atoms with van der Waals surface area (Å²) in [6, 6.07) is 3.52. The summed E-state index contributed by atoms with van der Waals surface area (Å²) in [5.74, 6) is 1.38. The average Bonchev–Trinajstić information content (AvgIpc) is 2.83. The van der Waals surface area contributed by atoms with Gasteiger partial charge in [-0.3, -0.25) is 0 Å². The number of aliphatic hydroxyl groups excluding tert-OH is 1. The third kappa shape index (κ3) is 2.74. The highest BCUT2D eigenvalue weighted by atomic mass is 16.5. The molecule has 5 heteroatoms. The predicted molar refractivity (Wildman–Crippen MR) is 61.2 cm³/mol. The highest BCUT2D eigenvalue weighted by Crippen LogP contribution is 2.23. The van der Waals surface area contributed by atoms with Gasteiger partial charge in [-0.05, 0) is 17.5 Å². The lowest BCUT2D eigenvalue weighted by atomic mass is 9.87. The molecule has 5 nitrogen and oxygen atoms in total. The van der Waals surface area contributed by atoms with Crippen molar-refractivity contribution >= 4 is 0 Å². The molecule has 0 aliphatic heterocycles. The third-order valence-corrected chi connectivity index (χ3v) is 2.58. The fraction of sp³-hybridized carbons (Fsp3) is 0.500. The minimum atomic E-state index is -0.521. The van der Waals surface area contributed by atoms with Gasteiger partial charge in [-0.1, -0.05) is 25.9 Å². The van der Waals surface area contributed by atoms with Gasteiger partial charge in [0.25, 0.3) is 0 Å². The summed E-state index contributed by atoms with van der Waals surface area (Å²) < 4.78 is 10.2. The lowest BCUT2D eigenvalue weighted by Crippen LogP contribution is -2.28. The number of aliphatic hydroxyl groups is 1. The zero-order valence-electron chi connectivity index (χ0n) is 10.2. The van der Waals surface area contributed by atoms with Crippen LogP contribution in [0.2, 0.25) is 0 Å². The van der Waals surface area contributed by atoms with Crippen molar-refractivity contribution in [3.63, 3.8) is 0 Å². The summed E-state index contributed by atoms with van der Waals surface area (Å²) in [6.45, 7) is 5.88. The first-order valence-corrected chi connectivity index (χ1v) is 5.51. The van der Waals surface area contributed by atoms with Crippen LogP contribution in [-0.4, -0.2) is 21.4 Å². The van der Waals surface area contributed by atoms with E-state index in [1.54, 1.807) is 18.4 Å². The van der Waals surface area contributed by atoms with Crippen molar-refractivity contribution in [2.75, 3.05) is 0 Å². The molecule has 2 heterocycles. The van der Waals surface area contributed by atoms with Crippen molar-refractivity contribution in [2.24, 2.45) is 5.41 Å². The fourth-order valence-electron chi connectivity index (χ4n) is 1.32. The molecule has 1 N–H and O–H groups in total. The lowest BCUT2D eigenvalue weighted by molar-refractivity contribution is 0.0565. The van der Waals surface area contributed by atoms with Gasteiger partial charge in [0.2, 0.25) is 11.7 Å². The number of hydrogen-bond acceptors (Lipinski definition) is 5. The van der Waals surface area contributed by atoms with Gasteiger partial charge in [0, 0.05) is 0 Å². The van der Waals surface area contributed by atoms with Crippen LogP contribution in [0.15, 0.2) is 27.3 Å². The number of furan rings is 1. The van der Waals surface area contributed by atoms with E-state index in [2.05, 4.69) is 10.1 Å². The molecule has 0 radical (unpaired) electrons. The Bertz CT molecular complexity index is 468. The molecule has 0 amide bonds. The first-order chi connectivity index (χ1) is 7.97. The van der Waals surface area contributed by atoms with Crippen molar-refractivity contribution in [3.05, 3.63) is 24.3 Å². The van der Waals surface area contributed by atoms with Gasteiger partial charge in [-0.2, -0.15) is 4.98 Å². The first-order valence-electron chi connectivity index (χ1n) is 5.51. The molecule has 0 aliphatic carbocycles. The van der Waals surface area contributed by atoms with E-state index in [9.17, 15) is 5.11 Å². The molecule has 1 unspecified atom stereocenters. The molecule has 0 saturated carbocycles. The number of nitrogens with zero attached hydrogens (tertiary/aromatic N) is 2. The van der Waals surface area contributed by atoms with E-state index in [-0.39, 0.29) is 5.41 Å². The molecule has 0 fully saturated rings. The quantitative estimate of drug-likeness (QED) is 0.885. The third-order valence-electron chi connectivity index (χ3n) is 2.58. The Morgan fingerprint density at radius 3 is 2.76 bits per heavy atom. The second-order valence-electron chi connectivity index (χ2n) is 5.07. The molecule has 2 aromatic heterocycles. The first kappa shape index (κ1) is 11.9. The summed E-state index contributed by atoms with van der Waals surface area (Å²) in [5.41, 5.74) is -0.209. The zero-order valence-corrected chi connectivity index (χ0v) is 10.2. The molecule has 0 saturated heterocycles. The largest absolute Gasteiger partial charge is 0.461 e. The van der Waals surface area contributed by atoms with Crippen LogP contribution in [0.25, 0.3) is 11.6 Å². The summed E-state index contributed by atoms with van der Waals surface area (Å²) in [6.07, 6.45) is 1.37. The monoisotopic (exact) mass is 236 g/mol. The van der Waals surface area contributed by atoms with Gasteiger partial charge in [0.15, 0.2) is 5.76 Å². The number of rotatable bonds is 3. The summed E-state index contributed by atoms with van der Waals surface area (Å²) in [7, 11) is 0. The van der Waals surface area contributed by atoms with Crippen LogP contribution in [-0.2, 0) is 6.42 Å². The predicted octanol–water partition coefficient (Wildman–Crippen LogP) is 2.28. The molecule has 17 heavy (non-hydrogen) atoms. The molecular formula is C12H16N2O3. The molecule has 0 spiro atoms. The molecule has 1 atom stereocenters. The Balaban J connectivity index is 2.09. The van der Waals surface area contributed by atoms with E-state index in [0.717, 1.165) is 0 Å². The number of hydrogen-bond donors (Lipinski definition) is 1. The van der Waals surface area contributed by atoms with Crippen LogP contribution in [0.5, 0.6) is 0 Å². The van der Waals surface area contributed by atoms with E-state index in [1.165, 1.54) is 0 Å². The maximum Gasteiger partial charge on any atom is 0.238 e. The van der Waals surface area contributed by atoms with Crippen molar-refractivity contribution in [1.82, 2.24) is 10.1 Å². The lowest BCUT2D eigenvalue weighted by Gasteiger charge is -2.24. The highest BCUT2D eigenvalue weighted by molar-refractivity contribution is 5.44. The molecule has 92 valence electrons. The summed E-state index contributed by atoms with van der Waals surface area (Å²) in [4.78, 5) is 4.17. The molecule has 0 aliphatic rings. The Labute approximate surface area is 99.5 Å². The smallest absolute Gasteiger partial charge is 0.238 e. The van der Waals surface area contributed by atoms with Crippen molar-refractivity contribution in [2.45, 2.75) is 33.3 Å². The van der Waals surface area contributed by atoms with E-state index in [4.69, 9.17) is 8.94 Å². The molecule has 2 aromatic rings. The van der Waals surface area contributed by atoms with Gasteiger partial charge >= 0.3 is 0 Å². The van der Waals surface area contributed by atoms with Crippen LogP contribution in [0, 0.1) is 5.41 Å².